The van der Waals surface area contributed by atoms with Gasteiger partial charge in [-0.1, -0.05) is 12.1 Å². The first-order chi connectivity index (χ1) is 8.99. The third kappa shape index (κ3) is 2.62. The molecule has 0 saturated carbocycles. The molecule has 1 atom stereocenters. The van der Waals surface area contributed by atoms with E-state index in [-0.39, 0.29) is 17.5 Å². The zero-order valence-electron chi connectivity index (χ0n) is 9.94. The van der Waals surface area contributed by atoms with Crippen LogP contribution >= 0.6 is 0 Å². The molecule has 0 aliphatic heterocycles. The molecule has 19 heavy (non-hydrogen) atoms. The van der Waals surface area contributed by atoms with E-state index in [2.05, 4.69) is 4.84 Å². The molecule has 1 heterocycles. The normalized spacial score (nSPS) is 12.3. The third-order valence-corrected chi connectivity index (χ3v) is 2.49. The maximum absolute atomic E-state index is 12.0. The summed E-state index contributed by atoms with van der Waals surface area (Å²) in [5.41, 5.74) is -0.387. The van der Waals surface area contributed by atoms with Crippen molar-refractivity contribution in [3.8, 4) is 0 Å². The van der Waals surface area contributed by atoms with Crippen molar-refractivity contribution in [2.45, 2.75) is 19.6 Å². The molecule has 0 amide bonds. The minimum atomic E-state index is -0.974. The summed E-state index contributed by atoms with van der Waals surface area (Å²) in [6, 6.07) is 6.27. The summed E-state index contributed by atoms with van der Waals surface area (Å²) in [5.74, 6) is -0.873. The maximum Gasteiger partial charge on any atom is 0.422 e. The standard InChI is InChI=1S/C11H10N2O6/c1-7(19-13(16)17)6-12-10(14)8-4-2-3-5-9(8)18-11(12)15/h2-5,7H,6H2,1H3. The Kier molecular flexibility index (Phi) is 3.32. The van der Waals surface area contributed by atoms with E-state index in [0.29, 0.717) is 0 Å². The van der Waals surface area contributed by atoms with Crippen molar-refractivity contribution in [3.63, 3.8) is 0 Å². The van der Waals surface area contributed by atoms with Gasteiger partial charge in [0.2, 0.25) is 0 Å². The molecular formula is C11H10N2O6. The SMILES string of the molecule is CC(Cn1c(=O)oc2ccccc2c1=O)O[N+](=O)[O-]. The second-order valence-corrected chi connectivity index (χ2v) is 3.92. The molecule has 0 bridgehead atoms. The van der Waals surface area contributed by atoms with Gasteiger partial charge in [0.25, 0.3) is 10.6 Å². The predicted octanol–water partition coefficient (Wildman–Crippen LogP) is 0.551. The van der Waals surface area contributed by atoms with Gasteiger partial charge in [-0.2, -0.15) is 0 Å². The molecule has 0 aliphatic carbocycles. The Balaban J connectivity index is 2.46. The van der Waals surface area contributed by atoms with E-state index >= 15 is 0 Å². The van der Waals surface area contributed by atoms with Crippen molar-refractivity contribution in [2.24, 2.45) is 0 Å². The van der Waals surface area contributed by atoms with Gasteiger partial charge in [-0.15, -0.1) is 10.1 Å². The predicted molar refractivity (Wildman–Crippen MR) is 64.3 cm³/mol. The van der Waals surface area contributed by atoms with E-state index in [4.69, 9.17) is 4.42 Å². The van der Waals surface area contributed by atoms with E-state index < -0.39 is 22.5 Å². The van der Waals surface area contributed by atoms with Crippen molar-refractivity contribution >= 4 is 11.0 Å². The van der Waals surface area contributed by atoms with E-state index in [9.17, 15) is 19.7 Å². The number of benzene rings is 1. The Morgan fingerprint density at radius 3 is 2.79 bits per heavy atom. The van der Waals surface area contributed by atoms with Crippen LogP contribution < -0.4 is 11.3 Å². The molecule has 0 aliphatic rings. The summed E-state index contributed by atoms with van der Waals surface area (Å²) in [4.78, 5) is 38.1. The van der Waals surface area contributed by atoms with Crippen LogP contribution in [-0.4, -0.2) is 15.8 Å². The molecule has 0 spiro atoms. The second kappa shape index (κ2) is 4.92. The molecule has 2 aromatic rings. The first-order valence-electron chi connectivity index (χ1n) is 5.43. The van der Waals surface area contributed by atoms with Gasteiger partial charge in [-0.25, -0.2) is 9.36 Å². The lowest BCUT2D eigenvalue weighted by atomic mass is 10.2. The van der Waals surface area contributed by atoms with Crippen LogP contribution in [0.3, 0.4) is 0 Å². The molecule has 2 rings (SSSR count). The topological polar surface area (TPSA) is 105 Å². The Morgan fingerprint density at radius 2 is 2.11 bits per heavy atom. The summed E-state index contributed by atoms with van der Waals surface area (Å²) in [6.45, 7) is 1.12. The number of fused-ring (bicyclic) bond motifs is 1. The number of aromatic nitrogens is 1. The number of hydrogen-bond acceptors (Lipinski definition) is 6. The maximum atomic E-state index is 12.0. The van der Waals surface area contributed by atoms with E-state index in [1.54, 1.807) is 12.1 Å². The number of rotatable bonds is 4. The highest BCUT2D eigenvalue weighted by molar-refractivity contribution is 5.74. The zero-order valence-corrected chi connectivity index (χ0v) is 9.94. The molecule has 1 aromatic heterocycles. The average molecular weight is 266 g/mol. The van der Waals surface area contributed by atoms with E-state index in [0.717, 1.165) is 4.57 Å². The van der Waals surface area contributed by atoms with Crippen LogP contribution in [0.4, 0.5) is 0 Å². The second-order valence-electron chi connectivity index (χ2n) is 3.92. The van der Waals surface area contributed by atoms with Crippen LogP contribution in [0.2, 0.25) is 0 Å². The average Bonchev–Trinajstić information content (AvgIpc) is 2.33. The van der Waals surface area contributed by atoms with Gasteiger partial charge < -0.3 is 9.25 Å². The van der Waals surface area contributed by atoms with Gasteiger partial charge in [0, 0.05) is 0 Å². The lowest BCUT2D eigenvalue weighted by molar-refractivity contribution is -0.768. The van der Waals surface area contributed by atoms with Crippen molar-refractivity contribution in [1.29, 1.82) is 0 Å². The Labute approximate surface area is 105 Å². The summed E-state index contributed by atoms with van der Waals surface area (Å²) in [7, 11) is 0. The minimum absolute atomic E-state index is 0.177. The van der Waals surface area contributed by atoms with Gasteiger partial charge in [0.05, 0.1) is 11.9 Å². The third-order valence-electron chi connectivity index (χ3n) is 2.49. The molecule has 0 N–H and O–H groups in total. The molecule has 100 valence electrons. The Hall–Kier alpha value is -2.64. The number of nitrogens with zero attached hydrogens (tertiary/aromatic N) is 2. The fourth-order valence-corrected chi connectivity index (χ4v) is 1.70. The summed E-state index contributed by atoms with van der Waals surface area (Å²) >= 11 is 0. The Morgan fingerprint density at radius 1 is 1.42 bits per heavy atom. The summed E-state index contributed by atoms with van der Waals surface area (Å²) < 4.78 is 5.74. The van der Waals surface area contributed by atoms with Crippen molar-refractivity contribution in [3.05, 3.63) is 55.3 Å². The highest BCUT2D eigenvalue weighted by atomic mass is 17.0. The largest absolute Gasteiger partial charge is 0.422 e. The summed E-state index contributed by atoms with van der Waals surface area (Å²) in [5, 5.41) is 9.43. The van der Waals surface area contributed by atoms with Crippen LogP contribution in [0.5, 0.6) is 0 Å². The van der Waals surface area contributed by atoms with Gasteiger partial charge in [0.1, 0.15) is 11.7 Å². The van der Waals surface area contributed by atoms with E-state index in [1.165, 1.54) is 19.1 Å². The van der Waals surface area contributed by atoms with Gasteiger partial charge in [-0.3, -0.25) is 4.79 Å². The smallest absolute Gasteiger partial charge is 0.409 e. The van der Waals surface area contributed by atoms with E-state index in [1.807, 2.05) is 0 Å². The zero-order chi connectivity index (χ0) is 14.0. The van der Waals surface area contributed by atoms with Crippen molar-refractivity contribution in [2.75, 3.05) is 0 Å². The number of para-hydroxylation sites is 1. The van der Waals surface area contributed by atoms with Crippen LogP contribution in [0.1, 0.15) is 6.92 Å². The highest BCUT2D eigenvalue weighted by Gasteiger charge is 2.14. The van der Waals surface area contributed by atoms with Crippen LogP contribution in [-0.2, 0) is 11.4 Å². The van der Waals surface area contributed by atoms with Crippen molar-refractivity contribution in [1.82, 2.24) is 4.57 Å². The minimum Gasteiger partial charge on any atom is -0.409 e. The van der Waals surface area contributed by atoms with Crippen molar-refractivity contribution < 1.29 is 14.3 Å². The Bertz CT molecular complexity index is 732. The molecule has 8 nitrogen and oxygen atoms in total. The van der Waals surface area contributed by atoms with Gasteiger partial charge in [0.15, 0.2) is 0 Å². The molecule has 0 radical (unpaired) electrons. The molecular weight excluding hydrogens is 256 g/mol. The molecule has 1 aromatic carbocycles. The molecule has 0 saturated heterocycles. The fourth-order valence-electron chi connectivity index (χ4n) is 1.70. The monoisotopic (exact) mass is 266 g/mol. The number of hydrogen-bond donors (Lipinski definition) is 0. The quantitative estimate of drug-likeness (QED) is 0.591. The van der Waals surface area contributed by atoms with Crippen LogP contribution in [0.15, 0.2) is 38.3 Å². The molecule has 8 heteroatoms. The first kappa shape index (κ1) is 12.8. The fraction of sp³-hybridized carbons (Fsp3) is 0.273. The lowest BCUT2D eigenvalue weighted by Crippen LogP contribution is -2.36. The molecule has 0 fully saturated rings. The summed E-state index contributed by atoms with van der Waals surface area (Å²) in [6.07, 6.45) is -0.934. The first-order valence-corrected chi connectivity index (χ1v) is 5.43. The van der Waals surface area contributed by atoms with Crippen LogP contribution in [0.25, 0.3) is 11.0 Å². The molecule has 1 unspecified atom stereocenters. The van der Waals surface area contributed by atoms with Gasteiger partial charge >= 0.3 is 5.76 Å². The van der Waals surface area contributed by atoms with Crippen LogP contribution in [0, 0.1) is 10.1 Å². The highest BCUT2D eigenvalue weighted by Crippen LogP contribution is 2.06. The van der Waals surface area contributed by atoms with Gasteiger partial charge in [-0.05, 0) is 19.1 Å². The lowest BCUT2D eigenvalue weighted by Gasteiger charge is -2.10.